The van der Waals surface area contributed by atoms with Gasteiger partial charge >= 0.3 is 6.18 Å². The van der Waals surface area contributed by atoms with E-state index in [9.17, 15) is 18.0 Å². The van der Waals surface area contributed by atoms with Crippen molar-refractivity contribution in [2.45, 2.75) is 18.6 Å². The van der Waals surface area contributed by atoms with E-state index in [1.165, 1.54) is 6.07 Å². The number of alkyl halides is 3. The Hall–Kier alpha value is -2.34. The van der Waals surface area contributed by atoms with Crippen LogP contribution >= 0.6 is 0 Å². The molecule has 0 spiro atoms. The Morgan fingerprint density at radius 2 is 1.72 bits per heavy atom. The number of amides is 1. The van der Waals surface area contributed by atoms with Crippen LogP contribution in [0.25, 0.3) is 0 Å². The van der Waals surface area contributed by atoms with Crippen molar-refractivity contribution in [2.24, 2.45) is 5.92 Å². The van der Waals surface area contributed by atoms with Crippen molar-refractivity contribution in [3.8, 4) is 0 Å². The largest absolute Gasteiger partial charge is 0.418 e. The number of nitrogens with zero attached hydrogens (tertiary/aromatic N) is 1. The number of hydrogen-bond donors (Lipinski definition) is 1. The van der Waals surface area contributed by atoms with Gasteiger partial charge in [0, 0.05) is 25.6 Å². The smallest absolute Gasteiger partial charge is 0.325 e. The zero-order chi connectivity index (χ0) is 17.6. The predicted molar refractivity (Wildman–Crippen MR) is 88.0 cm³/mol. The highest BCUT2D eigenvalue weighted by atomic mass is 19.4. The molecule has 2 atom stereocenters. The Morgan fingerprint density at radius 1 is 1.00 bits per heavy atom. The van der Waals surface area contributed by atoms with E-state index < -0.39 is 11.7 Å². The van der Waals surface area contributed by atoms with Gasteiger partial charge in [0.05, 0.1) is 17.2 Å². The summed E-state index contributed by atoms with van der Waals surface area (Å²) in [6.45, 7) is 1.83. The van der Waals surface area contributed by atoms with E-state index in [4.69, 9.17) is 0 Å². The molecule has 1 saturated heterocycles. The standard InChI is InChI=1S/C19H17F3N2O/c20-19(21,22)16-8-4-7-13-14-10-24(9-12-5-2-1-3-6-12)11-15(14)18(25)23-17(13)16/h1-8,14-15H,9-11H2,(H,23,25)/t14-,15+/m1/s1. The number of rotatable bonds is 2. The fourth-order valence-electron chi connectivity index (χ4n) is 3.91. The van der Waals surface area contributed by atoms with Gasteiger partial charge in [0.15, 0.2) is 0 Å². The van der Waals surface area contributed by atoms with Gasteiger partial charge in [0.2, 0.25) is 5.91 Å². The molecule has 130 valence electrons. The molecule has 1 fully saturated rings. The Balaban J connectivity index is 1.64. The Kier molecular flexibility index (Phi) is 3.80. The van der Waals surface area contributed by atoms with Crippen LogP contribution in [0.3, 0.4) is 0 Å². The van der Waals surface area contributed by atoms with Crippen LogP contribution in [0.5, 0.6) is 0 Å². The third-order valence-electron chi connectivity index (χ3n) is 5.03. The van der Waals surface area contributed by atoms with Crippen molar-refractivity contribution < 1.29 is 18.0 Å². The lowest BCUT2D eigenvalue weighted by Crippen LogP contribution is -2.34. The maximum absolute atomic E-state index is 13.2. The number of fused-ring (bicyclic) bond motifs is 3. The molecule has 1 N–H and O–H groups in total. The summed E-state index contributed by atoms with van der Waals surface area (Å²) in [7, 11) is 0. The van der Waals surface area contributed by atoms with Crippen molar-refractivity contribution >= 4 is 11.6 Å². The maximum atomic E-state index is 13.2. The quantitative estimate of drug-likeness (QED) is 0.895. The van der Waals surface area contributed by atoms with Gasteiger partial charge in [-0.15, -0.1) is 0 Å². The molecule has 0 aliphatic carbocycles. The first-order valence-electron chi connectivity index (χ1n) is 8.21. The summed E-state index contributed by atoms with van der Waals surface area (Å²) in [6, 6.07) is 14.0. The number of benzene rings is 2. The molecule has 0 aromatic heterocycles. The zero-order valence-corrected chi connectivity index (χ0v) is 13.4. The molecular formula is C19H17F3N2O. The number of carbonyl (C=O) groups is 1. The van der Waals surface area contributed by atoms with Crippen molar-refractivity contribution in [2.75, 3.05) is 18.4 Å². The minimum Gasteiger partial charge on any atom is -0.325 e. The molecule has 25 heavy (non-hydrogen) atoms. The molecule has 3 nitrogen and oxygen atoms in total. The SMILES string of the molecule is O=C1Nc2c(cccc2C(F)(F)F)[C@H]2CN(Cc3ccccc3)C[C@H]12. The highest BCUT2D eigenvalue weighted by Crippen LogP contribution is 2.46. The molecule has 2 aromatic rings. The molecule has 0 unspecified atom stereocenters. The molecule has 2 heterocycles. The van der Waals surface area contributed by atoms with Crippen LogP contribution in [0, 0.1) is 5.92 Å². The summed E-state index contributed by atoms with van der Waals surface area (Å²) in [5, 5.41) is 2.51. The normalized spacial score (nSPS) is 23.1. The van der Waals surface area contributed by atoms with E-state index in [2.05, 4.69) is 10.2 Å². The summed E-state index contributed by atoms with van der Waals surface area (Å²) in [6.07, 6.45) is -4.48. The minimum atomic E-state index is -4.48. The third kappa shape index (κ3) is 2.91. The lowest BCUT2D eigenvalue weighted by atomic mass is 9.83. The summed E-state index contributed by atoms with van der Waals surface area (Å²) < 4.78 is 39.7. The third-order valence-corrected chi connectivity index (χ3v) is 5.03. The predicted octanol–water partition coefficient (Wildman–Crippen LogP) is 3.87. The Bertz CT molecular complexity index is 804. The Labute approximate surface area is 143 Å². The molecule has 0 saturated carbocycles. The molecule has 2 aromatic carbocycles. The van der Waals surface area contributed by atoms with Crippen molar-refractivity contribution in [3.05, 3.63) is 65.2 Å². The fourth-order valence-corrected chi connectivity index (χ4v) is 3.91. The lowest BCUT2D eigenvalue weighted by molar-refractivity contribution is -0.137. The van der Waals surface area contributed by atoms with Gasteiger partial charge < -0.3 is 5.32 Å². The number of para-hydroxylation sites is 1. The van der Waals surface area contributed by atoms with Crippen LogP contribution in [0.1, 0.15) is 22.6 Å². The highest BCUT2D eigenvalue weighted by molar-refractivity contribution is 5.98. The summed E-state index contributed by atoms with van der Waals surface area (Å²) >= 11 is 0. The van der Waals surface area contributed by atoms with E-state index >= 15 is 0 Å². The number of anilines is 1. The number of nitrogens with one attached hydrogen (secondary N) is 1. The van der Waals surface area contributed by atoms with Gasteiger partial charge in [-0.3, -0.25) is 9.69 Å². The van der Waals surface area contributed by atoms with Gasteiger partial charge in [0.1, 0.15) is 0 Å². The van der Waals surface area contributed by atoms with Crippen molar-refractivity contribution in [1.82, 2.24) is 4.90 Å². The van der Waals surface area contributed by atoms with Gasteiger partial charge in [-0.2, -0.15) is 13.2 Å². The first-order valence-corrected chi connectivity index (χ1v) is 8.21. The molecular weight excluding hydrogens is 329 g/mol. The average Bonchev–Trinajstić information content (AvgIpc) is 2.99. The number of halogens is 3. The van der Waals surface area contributed by atoms with Gasteiger partial charge in [0.25, 0.3) is 0 Å². The van der Waals surface area contributed by atoms with E-state index in [1.54, 1.807) is 6.07 Å². The zero-order valence-electron chi connectivity index (χ0n) is 13.4. The first-order chi connectivity index (χ1) is 11.9. The van der Waals surface area contributed by atoms with Crippen LogP contribution in [0.2, 0.25) is 0 Å². The topological polar surface area (TPSA) is 32.3 Å². The second-order valence-corrected chi connectivity index (χ2v) is 6.65. The van der Waals surface area contributed by atoms with E-state index in [0.717, 1.165) is 11.6 Å². The Morgan fingerprint density at radius 3 is 2.44 bits per heavy atom. The first kappa shape index (κ1) is 16.1. The van der Waals surface area contributed by atoms with Gasteiger partial charge in [-0.1, -0.05) is 42.5 Å². The molecule has 0 bridgehead atoms. The van der Waals surface area contributed by atoms with Gasteiger partial charge in [-0.25, -0.2) is 0 Å². The second-order valence-electron chi connectivity index (χ2n) is 6.65. The molecule has 2 aliphatic rings. The van der Waals surface area contributed by atoms with E-state index in [1.807, 2.05) is 30.3 Å². The maximum Gasteiger partial charge on any atom is 0.418 e. The molecule has 2 aliphatic heterocycles. The van der Waals surface area contributed by atoms with Crippen LogP contribution in [-0.2, 0) is 17.5 Å². The van der Waals surface area contributed by atoms with Crippen LogP contribution < -0.4 is 5.32 Å². The summed E-state index contributed by atoms with van der Waals surface area (Å²) in [5.41, 5.74) is 0.891. The lowest BCUT2D eigenvalue weighted by Gasteiger charge is -2.29. The monoisotopic (exact) mass is 346 g/mol. The average molecular weight is 346 g/mol. The number of carbonyl (C=O) groups excluding carboxylic acids is 1. The van der Waals surface area contributed by atoms with E-state index in [0.29, 0.717) is 25.2 Å². The second kappa shape index (κ2) is 5.88. The van der Waals surface area contributed by atoms with Crippen molar-refractivity contribution in [1.29, 1.82) is 0 Å². The molecule has 1 amide bonds. The van der Waals surface area contributed by atoms with Crippen molar-refractivity contribution in [3.63, 3.8) is 0 Å². The van der Waals surface area contributed by atoms with Gasteiger partial charge in [-0.05, 0) is 17.2 Å². The van der Waals surface area contributed by atoms with E-state index in [-0.39, 0.29) is 23.4 Å². The minimum absolute atomic E-state index is 0.0668. The van der Waals surface area contributed by atoms with Crippen LogP contribution in [0.4, 0.5) is 18.9 Å². The number of hydrogen-bond acceptors (Lipinski definition) is 2. The summed E-state index contributed by atoms with van der Waals surface area (Å²) in [5.74, 6) is -0.820. The highest BCUT2D eigenvalue weighted by Gasteiger charge is 2.45. The number of likely N-dealkylation sites (tertiary alicyclic amines) is 1. The molecule has 4 rings (SSSR count). The molecule has 0 radical (unpaired) electrons. The summed E-state index contributed by atoms with van der Waals surface area (Å²) in [4.78, 5) is 14.5. The molecule has 6 heteroatoms. The van der Waals surface area contributed by atoms with Crippen LogP contribution in [0.15, 0.2) is 48.5 Å². The van der Waals surface area contributed by atoms with Crippen LogP contribution in [-0.4, -0.2) is 23.9 Å². The fraction of sp³-hybridized carbons (Fsp3) is 0.316.